The first kappa shape index (κ1) is 18.3. The van der Waals surface area contributed by atoms with Crippen LogP contribution in [-0.2, 0) is 32.3 Å². The standard InChI is InChI=1S/C20H21NO5/c22-17-11-12-18(24-13-15-7-3-1-4-8-15)26-19(17)20(23)21-25-14-16-9-5-2-6-10-16/h1-12,17-19,22H,13-14H2,(H,21,23)/t17-,18-,19-/m0/s1. The molecule has 0 aliphatic carbocycles. The van der Waals surface area contributed by atoms with Gasteiger partial charge in [0.05, 0.1) is 13.2 Å². The van der Waals surface area contributed by atoms with E-state index in [-0.39, 0.29) is 6.61 Å². The van der Waals surface area contributed by atoms with Gasteiger partial charge in [0.15, 0.2) is 12.4 Å². The summed E-state index contributed by atoms with van der Waals surface area (Å²) in [5, 5.41) is 9.98. The second kappa shape index (κ2) is 9.26. The predicted octanol–water partition coefficient (Wildman–Crippen LogP) is 2.09. The number of carbonyl (C=O) groups is 1. The van der Waals surface area contributed by atoms with Crippen LogP contribution in [0.25, 0.3) is 0 Å². The number of amides is 1. The van der Waals surface area contributed by atoms with Crippen LogP contribution in [0.5, 0.6) is 0 Å². The average Bonchev–Trinajstić information content (AvgIpc) is 2.69. The Morgan fingerprint density at radius 3 is 2.23 bits per heavy atom. The van der Waals surface area contributed by atoms with Gasteiger partial charge in [0.2, 0.25) is 0 Å². The summed E-state index contributed by atoms with van der Waals surface area (Å²) in [4.78, 5) is 17.4. The van der Waals surface area contributed by atoms with E-state index in [1.54, 1.807) is 6.08 Å². The van der Waals surface area contributed by atoms with Crippen LogP contribution in [0.3, 0.4) is 0 Å². The quantitative estimate of drug-likeness (QED) is 0.587. The highest BCUT2D eigenvalue weighted by molar-refractivity contribution is 5.81. The van der Waals surface area contributed by atoms with Crippen LogP contribution in [0, 0.1) is 0 Å². The van der Waals surface area contributed by atoms with Gasteiger partial charge in [0.25, 0.3) is 5.91 Å². The van der Waals surface area contributed by atoms with Gasteiger partial charge in [0, 0.05) is 0 Å². The fourth-order valence-corrected chi connectivity index (χ4v) is 2.46. The molecule has 6 heteroatoms. The summed E-state index contributed by atoms with van der Waals surface area (Å²) in [6.45, 7) is 0.559. The van der Waals surface area contributed by atoms with Crippen molar-refractivity contribution in [1.29, 1.82) is 0 Å². The molecule has 1 aliphatic rings. The van der Waals surface area contributed by atoms with Crippen molar-refractivity contribution >= 4 is 5.91 Å². The van der Waals surface area contributed by atoms with Crippen molar-refractivity contribution in [2.24, 2.45) is 0 Å². The van der Waals surface area contributed by atoms with E-state index in [1.807, 2.05) is 60.7 Å². The van der Waals surface area contributed by atoms with E-state index in [9.17, 15) is 9.90 Å². The first-order chi connectivity index (χ1) is 12.7. The third kappa shape index (κ3) is 5.24. The molecule has 0 fully saturated rings. The topological polar surface area (TPSA) is 77.0 Å². The Kier molecular flexibility index (Phi) is 6.51. The van der Waals surface area contributed by atoms with Gasteiger partial charge in [-0.05, 0) is 17.2 Å². The van der Waals surface area contributed by atoms with Crippen LogP contribution in [0.4, 0.5) is 0 Å². The molecule has 1 amide bonds. The number of hydrogen-bond acceptors (Lipinski definition) is 5. The van der Waals surface area contributed by atoms with E-state index < -0.39 is 24.4 Å². The second-order valence-electron chi connectivity index (χ2n) is 5.84. The summed E-state index contributed by atoms with van der Waals surface area (Å²) in [6.07, 6.45) is 0.190. The number of nitrogens with one attached hydrogen (secondary N) is 1. The minimum absolute atomic E-state index is 0.221. The number of hydroxylamine groups is 1. The fourth-order valence-electron chi connectivity index (χ4n) is 2.46. The van der Waals surface area contributed by atoms with Gasteiger partial charge in [-0.25, -0.2) is 5.48 Å². The van der Waals surface area contributed by atoms with Crippen molar-refractivity contribution in [3.05, 3.63) is 83.9 Å². The largest absolute Gasteiger partial charge is 0.386 e. The maximum Gasteiger partial charge on any atom is 0.275 e. The van der Waals surface area contributed by atoms with Gasteiger partial charge in [-0.2, -0.15) is 0 Å². The molecule has 0 saturated carbocycles. The Labute approximate surface area is 152 Å². The number of rotatable bonds is 7. The molecule has 2 aromatic rings. The van der Waals surface area contributed by atoms with Crippen LogP contribution in [-0.4, -0.2) is 29.5 Å². The molecule has 0 bridgehead atoms. The van der Waals surface area contributed by atoms with Crippen LogP contribution >= 0.6 is 0 Å². The molecule has 136 valence electrons. The Balaban J connectivity index is 1.47. The van der Waals surface area contributed by atoms with Crippen molar-refractivity contribution < 1.29 is 24.2 Å². The number of ether oxygens (including phenoxy) is 2. The monoisotopic (exact) mass is 355 g/mol. The highest BCUT2D eigenvalue weighted by Crippen LogP contribution is 2.16. The lowest BCUT2D eigenvalue weighted by atomic mass is 10.1. The molecule has 6 nitrogen and oxygen atoms in total. The zero-order chi connectivity index (χ0) is 18.2. The normalized spacial score (nSPS) is 22.1. The lowest BCUT2D eigenvalue weighted by molar-refractivity contribution is -0.191. The van der Waals surface area contributed by atoms with Crippen molar-refractivity contribution in [1.82, 2.24) is 5.48 Å². The molecular formula is C20H21NO5. The lowest BCUT2D eigenvalue weighted by Gasteiger charge is -2.28. The SMILES string of the molecule is O=C(NOCc1ccccc1)[C@H]1O[C@H](OCc2ccccc2)C=C[C@@H]1O. The van der Waals surface area contributed by atoms with Gasteiger partial charge < -0.3 is 14.6 Å². The van der Waals surface area contributed by atoms with Crippen LogP contribution in [0.1, 0.15) is 11.1 Å². The Bertz CT molecular complexity index is 719. The molecule has 1 aliphatic heterocycles. The summed E-state index contributed by atoms with van der Waals surface area (Å²) < 4.78 is 11.2. The van der Waals surface area contributed by atoms with Gasteiger partial charge in [-0.3, -0.25) is 9.63 Å². The maximum atomic E-state index is 12.2. The molecule has 2 aromatic carbocycles. The zero-order valence-electron chi connectivity index (χ0n) is 14.2. The van der Waals surface area contributed by atoms with Crippen molar-refractivity contribution in [2.45, 2.75) is 31.7 Å². The maximum absolute atomic E-state index is 12.2. The van der Waals surface area contributed by atoms with Gasteiger partial charge in [-0.1, -0.05) is 66.7 Å². The summed E-state index contributed by atoms with van der Waals surface area (Å²) in [5.74, 6) is -0.564. The van der Waals surface area contributed by atoms with E-state index in [0.717, 1.165) is 11.1 Å². The zero-order valence-corrected chi connectivity index (χ0v) is 14.2. The molecule has 0 saturated heterocycles. The lowest BCUT2D eigenvalue weighted by Crippen LogP contribution is -2.47. The first-order valence-electron chi connectivity index (χ1n) is 8.35. The number of aliphatic hydroxyl groups excluding tert-OH is 1. The van der Waals surface area contributed by atoms with E-state index in [1.165, 1.54) is 6.08 Å². The first-order valence-corrected chi connectivity index (χ1v) is 8.35. The van der Waals surface area contributed by atoms with Gasteiger partial charge >= 0.3 is 0 Å². The number of aliphatic hydroxyl groups is 1. The summed E-state index contributed by atoms with van der Waals surface area (Å²) in [5.41, 5.74) is 4.22. The third-order valence-electron chi connectivity index (χ3n) is 3.83. The Morgan fingerprint density at radius 1 is 0.962 bits per heavy atom. The molecular weight excluding hydrogens is 334 g/mol. The van der Waals surface area contributed by atoms with Crippen molar-refractivity contribution in [3.8, 4) is 0 Å². The molecule has 3 atom stereocenters. The van der Waals surface area contributed by atoms with E-state index in [0.29, 0.717) is 6.61 Å². The Hall–Kier alpha value is -2.51. The number of benzene rings is 2. The molecule has 0 radical (unpaired) electrons. The third-order valence-corrected chi connectivity index (χ3v) is 3.83. The fraction of sp³-hybridized carbons (Fsp3) is 0.250. The van der Waals surface area contributed by atoms with Crippen molar-refractivity contribution in [3.63, 3.8) is 0 Å². The van der Waals surface area contributed by atoms with Gasteiger partial charge in [-0.15, -0.1) is 0 Å². The Morgan fingerprint density at radius 2 is 1.58 bits per heavy atom. The van der Waals surface area contributed by atoms with Crippen molar-refractivity contribution in [2.75, 3.05) is 0 Å². The summed E-state index contributed by atoms with van der Waals surface area (Å²) >= 11 is 0. The van der Waals surface area contributed by atoms with Crippen LogP contribution < -0.4 is 5.48 Å². The summed E-state index contributed by atoms with van der Waals surface area (Å²) in [7, 11) is 0. The van der Waals surface area contributed by atoms with Crippen LogP contribution in [0.15, 0.2) is 72.8 Å². The molecule has 26 heavy (non-hydrogen) atoms. The molecule has 1 heterocycles. The van der Waals surface area contributed by atoms with E-state index in [4.69, 9.17) is 14.3 Å². The summed E-state index contributed by atoms with van der Waals surface area (Å²) in [6, 6.07) is 19.1. The number of carbonyl (C=O) groups excluding carboxylic acids is 1. The van der Waals surface area contributed by atoms with Gasteiger partial charge in [0.1, 0.15) is 6.10 Å². The molecule has 0 unspecified atom stereocenters. The highest BCUT2D eigenvalue weighted by atomic mass is 16.7. The molecule has 0 spiro atoms. The van der Waals surface area contributed by atoms with E-state index in [2.05, 4.69) is 5.48 Å². The number of hydrogen-bond donors (Lipinski definition) is 2. The minimum Gasteiger partial charge on any atom is -0.386 e. The van der Waals surface area contributed by atoms with Crippen LogP contribution in [0.2, 0.25) is 0 Å². The molecule has 2 N–H and O–H groups in total. The minimum atomic E-state index is -1.10. The average molecular weight is 355 g/mol. The highest BCUT2D eigenvalue weighted by Gasteiger charge is 2.32. The molecule has 3 rings (SSSR count). The predicted molar refractivity (Wildman–Crippen MR) is 94.4 cm³/mol. The molecule has 0 aromatic heterocycles. The van der Waals surface area contributed by atoms with E-state index >= 15 is 0 Å². The smallest absolute Gasteiger partial charge is 0.275 e. The second-order valence-corrected chi connectivity index (χ2v) is 5.84.